The second-order valence-corrected chi connectivity index (χ2v) is 4.82. The van der Waals surface area contributed by atoms with Crippen molar-refractivity contribution in [3.05, 3.63) is 40.1 Å². The van der Waals surface area contributed by atoms with Gasteiger partial charge in [-0.05, 0) is 6.07 Å². The molecule has 0 aliphatic rings. The van der Waals surface area contributed by atoms with Gasteiger partial charge in [-0.2, -0.15) is 0 Å². The minimum absolute atomic E-state index is 0.0907. The van der Waals surface area contributed by atoms with Gasteiger partial charge in [0.2, 0.25) is 0 Å². The van der Waals surface area contributed by atoms with Crippen molar-refractivity contribution in [3.8, 4) is 0 Å². The summed E-state index contributed by atoms with van der Waals surface area (Å²) >= 11 is 1.10. The zero-order valence-corrected chi connectivity index (χ0v) is 11.5. The van der Waals surface area contributed by atoms with Gasteiger partial charge in [-0.1, -0.05) is 10.6 Å². The summed E-state index contributed by atoms with van der Waals surface area (Å²) in [4.78, 5) is 24.0. The molecule has 0 spiro atoms. The van der Waals surface area contributed by atoms with E-state index in [-0.39, 0.29) is 11.4 Å². The summed E-state index contributed by atoms with van der Waals surface area (Å²) in [7, 11) is 3.55. The number of benzene rings is 1. The van der Waals surface area contributed by atoms with Gasteiger partial charge in [-0.3, -0.25) is 14.9 Å². The van der Waals surface area contributed by atoms with Gasteiger partial charge in [0.15, 0.2) is 5.69 Å². The van der Waals surface area contributed by atoms with E-state index in [0.29, 0.717) is 10.7 Å². The van der Waals surface area contributed by atoms with Crippen LogP contribution in [0.1, 0.15) is 10.5 Å². The number of nitro benzene ring substituents is 1. The Morgan fingerprint density at radius 1 is 1.45 bits per heavy atom. The maximum atomic E-state index is 12.1. The van der Waals surface area contributed by atoms with Crippen LogP contribution in [0.2, 0.25) is 0 Å². The fourth-order valence-corrected chi connectivity index (χ4v) is 2.09. The van der Waals surface area contributed by atoms with Crippen LogP contribution in [-0.4, -0.2) is 34.5 Å². The number of anilines is 2. The summed E-state index contributed by atoms with van der Waals surface area (Å²) in [6.45, 7) is 0. The van der Waals surface area contributed by atoms with Gasteiger partial charge in [0.05, 0.1) is 4.92 Å². The number of hydrogen-bond acceptors (Lipinski definition) is 7. The number of amides is 1. The normalized spacial score (nSPS) is 10.1. The Hall–Kier alpha value is -2.55. The lowest BCUT2D eigenvalue weighted by Gasteiger charge is -2.10. The van der Waals surface area contributed by atoms with E-state index >= 15 is 0 Å². The van der Waals surface area contributed by atoms with E-state index in [1.54, 1.807) is 25.1 Å². The van der Waals surface area contributed by atoms with Crippen LogP contribution < -0.4 is 10.2 Å². The number of rotatable bonds is 4. The summed E-state index contributed by atoms with van der Waals surface area (Å²) in [6.07, 6.45) is 0. The van der Waals surface area contributed by atoms with E-state index in [4.69, 9.17) is 0 Å². The monoisotopic (exact) mass is 293 g/mol. The molecular formula is C11H11N5O3S. The summed E-state index contributed by atoms with van der Waals surface area (Å²) in [5.74, 6) is -0.456. The largest absolute Gasteiger partial charge is 0.366 e. The van der Waals surface area contributed by atoms with Crippen LogP contribution in [0, 0.1) is 10.1 Å². The van der Waals surface area contributed by atoms with Gasteiger partial charge in [0.25, 0.3) is 11.6 Å². The number of carbonyl (C=O) groups excluding carboxylic acids is 1. The first-order chi connectivity index (χ1) is 9.49. The SMILES string of the molecule is CN(C)c1snnc1C(=O)Nc1cccc([N+](=O)[O-])c1. The van der Waals surface area contributed by atoms with Crippen molar-refractivity contribution in [2.75, 3.05) is 24.3 Å². The zero-order valence-electron chi connectivity index (χ0n) is 10.7. The van der Waals surface area contributed by atoms with E-state index in [1.807, 2.05) is 0 Å². The molecule has 0 aliphatic carbocycles. The molecule has 1 N–H and O–H groups in total. The highest BCUT2D eigenvalue weighted by molar-refractivity contribution is 7.10. The van der Waals surface area contributed by atoms with Gasteiger partial charge < -0.3 is 10.2 Å². The molecule has 0 saturated heterocycles. The highest BCUT2D eigenvalue weighted by atomic mass is 32.1. The average Bonchev–Trinajstić information content (AvgIpc) is 2.88. The molecule has 20 heavy (non-hydrogen) atoms. The number of carbonyl (C=O) groups is 1. The lowest BCUT2D eigenvalue weighted by atomic mass is 10.2. The summed E-state index contributed by atoms with van der Waals surface area (Å²) in [5, 5.41) is 17.6. The predicted molar refractivity (Wildman–Crippen MR) is 75.3 cm³/mol. The maximum Gasteiger partial charge on any atom is 0.279 e. The van der Waals surface area contributed by atoms with Gasteiger partial charge in [-0.15, -0.1) is 5.10 Å². The minimum Gasteiger partial charge on any atom is -0.366 e. The van der Waals surface area contributed by atoms with Crippen molar-refractivity contribution in [2.45, 2.75) is 0 Å². The fourth-order valence-electron chi connectivity index (χ4n) is 1.51. The number of non-ortho nitro benzene ring substituents is 1. The van der Waals surface area contributed by atoms with Crippen molar-refractivity contribution >= 4 is 33.8 Å². The molecule has 0 radical (unpaired) electrons. The molecule has 1 aromatic carbocycles. The highest BCUT2D eigenvalue weighted by Crippen LogP contribution is 2.23. The standard InChI is InChI=1S/C11H11N5O3S/c1-15(2)11-9(13-14-20-11)10(17)12-7-4-3-5-8(6-7)16(18)19/h3-6H,1-2H3,(H,12,17). The van der Waals surface area contributed by atoms with Crippen LogP contribution in [0.15, 0.2) is 24.3 Å². The number of nitrogens with one attached hydrogen (secondary N) is 1. The van der Waals surface area contributed by atoms with E-state index in [0.717, 1.165) is 11.5 Å². The lowest BCUT2D eigenvalue weighted by Crippen LogP contribution is -2.17. The van der Waals surface area contributed by atoms with E-state index in [1.165, 1.54) is 18.2 Å². The predicted octanol–water partition coefficient (Wildman–Crippen LogP) is 1.76. The smallest absolute Gasteiger partial charge is 0.279 e. The first kappa shape index (κ1) is 13.9. The van der Waals surface area contributed by atoms with Crippen molar-refractivity contribution in [1.29, 1.82) is 0 Å². The topological polar surface area (TPSA) is 101 Å². The Morgan fingerprint density at radius 2 is 2.20 bits per heavy atom. The molecule has 8 nitrogen and oxygen atoms in total. The Morgan fingerprint density at radius 3 is 2.85 bits per heavy atom. The van der Waals surface area contributed by atoms with Crippen LogP contribution in [0.5, 0.6) is 0 Å². The first-order valence-corrected chi connectivity index (χ1v) is 6.32. The second kappa shape index (κ2) is 5.61. The Labute approximate surface area is 118 Å². The highest BCUT2D eigenvalue weighted by Gasteiger charge is 2.18. The van der Waals surface area contributed by atoms with Crippen LogP contribution in [0.25, 0.3) is 0 Å². The Balaban J connectivity index is 2.21. The first-order valence-electron chi connectivity index (χ1n) is 5.54. The molecule has 1 aromatic heterocycles. The second-order valence-electron chi connectivity index (χ2n) is 4.08. The minimum atomic E-state index is -0.523. The van der Waals surface area contributed by atoms with Gasteiger partial charge in [0.1, 0.15) is 5.00 Å². The quantitative estimate of drug-likeness (QED) is 0.681. The molecule has 2 rings (SSSR count). The molecule has 9 heteroatoms. The van der Waals surface area contributed by atoms with Crippen molar-refractivity contribution < 1.29 is 9.72 Å². The molecule has 0 fully saturated rings. The summed E-state index contributed by atoms with van der Waals surface area (Å²) in [6, 6.07) is 5.71. The van der Waals surface area contributed by atoms with E-state index < -0.39 is 10.8 Å². The van der Waals surface area contributed by atoms with Gasteiger partial charge in [0, 0.05) is 43.4 Å². The molecular weight excluding hydrogens is 282 g/mol. The Bertz CT molecular complexity index is 655. The third-order valence-corrected chi connectivity index (χ3v) is 3.30. The Kier molecular flexibility index (Phi) is 3.89. The molecule has 1 amide bonds. The summed E-state index contributed by atoms with van der Waals surface area (Å²) in [5.41, 5.74) is 0.431. The van der Waals surface area contributed by atoms with E-state index in [9.17, 15) is 14.9 Å². The van der Waals surface area contributed by atoms with Gasteiger partial charge in [-0.25, -0.2) is 0 Å². The molecule has 0 bridgehead atoms. The summed E-state index contributed by atoms with van der Waals surface area (Å²) < 4.78 is 3.73. The molecule has 0 unspecified atom stereocenters. The molecule has 1 heterocycles. The van der Waals surface area contributed by atoms with Crippen molar-refractivity contribution in [1.82, 2.24) is 9.59 Å². The number of nitrogens with zero attached hydrogens (tertiary/aromatic N) is 4. The van der Waals surface area contributed by atoms with Gasteiger partial charge >= 0.3 is 0 Å². The van der Waals surface area contributed by atoms with Crippen LogP contribution in [0.4, 0.5) is 16.4 Å². The number of aromatic nitrogens is 2. The fraction of sp³-hybridized carbons (Fsp3) is 0.182. The molecule has 104 valence electrons. The van der Waals surface area contributed by atoms with Crippen molar-refractivity contribution in [3.63, 3.8) is 0 Å². The zero-order chi connectivity index (χ0) is 14.7. The average molecular weight is 293 g/mol. The maximum absolute atomic E-state index is 12.1. The third-order valence-electron chi connectivity index (χ3n) is 2.41. The van der Waals surface area contributed by atoms with Crippen molar-refractivity contribution in [2.24, 2.45) is 0 Å². The molecule has 0 aliphatic heterocycles. The third kappa shape index (κ3) is 2.88. The lowest BCUT2D eigenvalue weighted by molar-refractivity contribution is -0.384. The molecule has 2 aromatic rings. The van der Waals surface area contributed by atoms with E-state index in [2.05, 4.69) is 14.9 Å². The number of hydrogen-bond donors (Lipinski definition) is 1. The molecule has 0 saturated carbocycles. The van der Waals surface area contributed by atoms with Crippen LogP contribution in [0.3, 0.4) is 0 Å². The molecule has 0 atom stereocenters. The van der Waals surface area contributed by atoms with Crippen LogP contribution >= 0.6 is 11.5 Å². The number of nitro groups is 1. The van der Waals surface area contributed by atoms with Crippen LogP contribution in [-0.2, 0) is 0 Å².